The zero-order chi connectivity index (χ0) is 15.8. The van der Waals surface area contributed by atoms with E-state index in [2.05, 4.69) is 25.8 Å². The topological polar surface area (TPSA) is 63.3 Å². The van der Waals surface area contributed by atoms with Crippen molar-refractivity contribution in [3.05, 3.63) is 17.3 Å². The van der Waals surface area contributed by atoms with Crippen molar-refractivity contribution in [3.63, 3.8) is 0 Å². The molecule has 1 rings (SSSR count). The van der Waals surface area contributed by atoms with Crippen molar-refractivity contribution in [2.75, 3.05) is 0 Å². The maximum absolute atomic E-state index is 10.8. The van der Waals surface area contributed by atoms with Crippen molar-refractivity contribution in [1.82, 2.24) is 4.98 Å². The van der Waals surface area contributed by atoms with Gasteiger partial charge < -0.3 is 9.52 Å². The van der Waals surface area contributed by atoms with Crippen LogP contribution in [0, 0.1) is 12.3 Å². The summed E-state index contributed by atoms with van der Waals surface area (Å²) in [4.78, 5) is 14.8. The molecule has 112 valence electrons. The van der Waals surface area contributed by atoms with Gasteiger partial charge in [-0.3, -0.25) is 0 Å². The molecule has 0 saturated heterocycles. The average Bonchev–Trinajstić information content (AvgIpc) is 2.74. The second kappa shape index (κ2) is 8.73. The van der Waals surface area contributed by atoms with Crippen LogP contribution in [-0.2, 0) is 0 Å². The molecule has 0 aliphatic rings. The third-order valence-electron chi connectivity index (χ3n) is 2.69. The second-order valence-corrected chi connectivity index (χ2v) is 4.85. The molecule has 4 nitrogen and oxygen atoms in total. The number of hydrogen-bond acceptors (Lipinski definition) is 3. The summed E-state index contributed by atoms with van der Waals surface area (Å²) < 4.78 is 5.37. The number of aryl methyl sites for hydroxylation is 1. The van der Waals surface area contributed by atoms with Gasteiger partial charge in [-0.25, -0.2) is 9.78 Å². The van der Waals surface area contributed by atoms with Gasteiger partial charge >= 0.3 is 5.97 Å². The average molecular weight is 271 g/mol. The molecule has 1 unspecified atom stereocenters. The summed E-state index contributed by atoms with van der Waals surface area (Å²) in [7, 11) is 0. The van der Waals surface area contributed by atoms with E-state index in [-0.39, 0.29) is 17.0 Å². The van der Waals surface area contributed by atoms with Gasteiger partial charge in [-0.2, -0.15) is 0 Å². The SMILES string of the molecule is CC.CC.Cc1oc(C(C)C(C)(C)C)nc1C(=O)O. The van der Waals surface area contributed by atoms with Crippen molar-refractivity contribution in [2.45, 2.75) is 68.2 Å². The number of nitrogens with zero attached hydrogens (tertiary/aromatic N) is 1. The van der Waals surface area contributed by atoms with E-state index in [0.717, 1.165) is 0 Å². The van der Waals surface area contributed by atoms with E-state index >= 15 is 0 Å². The van der Waals surface area contributed by atoms with Gasteiger partial charge in [-0.1, -0.05) is 55.4 Å². The van der Waals surface area contributed by atoms with Crippen LogP contribution in [0.25, 0.3) is 0 Å². The minimum atomic E-state index is -1.04. The zero-order valence-electron chi connectivity index (χ0n) is 13.8. The number of oxazole rings is 1. The van der Waals surface area contributed by atoms with E-state index in [1.54, 1.807) is 6.92 Å². The summed E-state index contributed by atoms with van der Waals surface area (Å²) in [5.74, 6) is -0.0843. The lowest BCUT2D eigenvalue weighted by molar-refractivity contribution is 0.0689. The van der Waals surface area contributed by atoms with Crippen LogP contribution in [0.1, 0.15) is 83.4 Å². The molecule has 1 aromatic heterocycles. The molecule has 0 fully saturated rings. The summed E-state index contributed by atoms with van der Waals surface area (Å²) in [6.45, 7) is 17.8. The molecular weight excluding hydrogens is 242 g/mol. The predicted octanol–water partition coefficient (Wildman–Crippen LogP) is 4.88. The van der Waals surface area contributed by atoms with Crippen LogP contribution in [0.2, 0.25) is 0 Å². The van der Waals surface area contributed by atoms with E-state index < -0.39 is 5.97 Å². The van der Waals surface area contributed by atoms with E-state index in [1.165, 1.54) is 0 Å². The molecule has 0 bridgehead atoms. The highest BCUT2D eigenvalue weighted by molar-refractivity contribution is 5.86. The lowest BCUT2D eigenvalue weighted by Gasteiger charge is -2.24. The van der Waals surface area contributed by atoms with Crippen LogP contribution < -0.4 is 0 Å². The standard InChI is InChI=1S/C11H17NO3.2C2H6/c1-6(11(3,4)5)9-12-8(10(13)14)7(2)15-9;2*1-2/h6H,1-5H3,(H,13,14);2*1-2H3. The van der Waals surface area contributed by atoms with Crippen LogP contribution in [0.5, 0.6) is 0 Å². The number of rotatable bonds is 2. The van der Waals surface area contributed by atoms with Crippen molar-refractivity contribution >= 4 is 5.97 Å². The van der Waals surface area contributed by atoms with Gasteiger partial charge in [0.2, 0.25) is 0 Å². The molecule has 1 N–H and O–H groups in total. The number of carbonyl (C=O) groups is 1. The Kier molecular flexibility index (Phi) is 9.19. The molecule has 0 spiro atoms. The Bertz CT molecular complexity index is 375. The Morgan fingerprint density at radius 3 is 1.89 bits per heavy atom. The van der Waals surface area contributed by atoms with Crippen LogP contribution in [0.3, 0.4) is 0 Å². The van der Waals surface area contributed by atoms with Gasteiger partial charge in [0.15, 0.2) is 11.6 Å². The number of aromatic carboxylic acids is 1. The molecule has 0 aliphatic carbocycles. The fraction of sp³-hybridized carbons (Fsp3) is 0.733. The van der Waals surface area contributed by atoms with Gasteiger partial charge in [0.25, 0.3) is 0 Å². The summed E-state index contributed by atoms with van der Waals surface area (Å²) in [5, 5.41) is 8.84. The fourth-order valence-electron chi connectivity index (χ4n) is 1.17. The van der Waals surface area contributed by atoms with Crippen LogP contribution in [0.15, 0.2) is 4.42 Å². The summed E-state index contributed by atoms with van der Waals surface area (Å²) >= 11 is 0. The van der Waals surface area contributed by atoms with Crippen LogP contribution in [-0.4, -0.2) is 16.1 Å². The third kappa shape index (κ3) is 5.90. The van der Waals surface area contributed by atoms with Crippen molar-refractivity contribution < 1.29 is 14.3 Å². The highest BCUT2D eigenvalue weighted by Gasteiger charge is 2.28. The van der Waals surface area contributed by atoms with Crippen molar-refractivity contribution in [2.24, 2.45) is 5.41 Å². The summed E-state index contributed by atoms with van der Waals surface area (Å²) in [6.07, 6.45) is 0. The van der Waals surface area contributed by atoms with Crippen LogP contribution >= 0.6 is 0 Å². The second-order valence-electron chi connectivity index (χ2n) is 4.85. The first-order valence-electron chi connectivity index (χ1n) is 6.94. The molecule has 19 heavy (non-hydrogen) atoms. The molecule has 1 aromatic rings. The number of carboxylic acids is 1. The normalized spacial score (nSPS) is 11.6. The number of carboxylic acid groups (broad SMARTS) is 1. The Balaban J connectivity index is 0. The van der Waals surface area contributed by atoms with Gasteiger partial charge in [-0.15, -0.1) is 0 Å². The van der Waals surface area contributed by atoms with E-state index in [4.69, 9.17) is 9.52 Å². The highest BCUT2D eigenvalue weighted by atomic mass is 16.4. The molecule has 0 amide bonds. The third-order valence-corrected chi connectivity index (χ3v) is 2.69. The van der Waals surface area contributed by atoms with Crippen molar-refractivity contribution in [1.29, 1.82) is 0 Å². The Labute approximate surface area is 117 Å². The van der Waals surface area contributed by atoms with Gasteiger partial charge in [0, 0.05) is 5.92 Å². The summed E-state index contributed by atoms with van der Waals surface area (Å²) in [6, 6.07) is 0. The molecule has 0 aliphatic heterocycles. The predicted molar refractivity (Wildman–Crippen MR) is 78.8 cm³/mol. The molecule has 4 heteroatoms. The quantitative estimate of drug-likeness (QED) is 0.832. The smallest absolute Gasteiger partial charge is 0.358 e. The molecular formula is C15H29NO3. The molecule has 0 aromatic carbocycles. The Hall–Kier alpha value is -1.32. The van der Waals surface area contributed by atoms with Crippen LogP contribution in [0.4, 0.5) is 0 Å². The minimum absolute atomic E-state index is 0.00701. The van der Waals surface area contributed by atoms with Crippen molar-refractivity contribution in [3.8, 4) is 0 Å². The first-order chi connectivity index (χ1) is 8.73. The Morgan fingerprint density at radius 2 is 1.63 bits per heavy atom. The maximum atomic E-state index is 10.8. The number of aromatic nitrogens is 1. The Morgan fingerprint density at radius 1 is 1.21 bits per heavy atom. The lowest BCUT2D eigenvalue weighted by Crippen LogP contribution is -2.15. The highest BCUT2D eigenvalue weighted by Crippen LogP contribution is 2.34. The fourth-order valence-corrected chi connectivity index (χ4v) is 1.17. The molecule has 1 heterocycles. The molecule has 1 atom stereocenters. The zero-order valence-corrected chi connectivity index (χ0v) is 13.8. The van der Waals surface area contributed by atoms with E-state index in [0.29, 0.717) is 11.7 Å². The monoisotopic (exact) mass is 271 g/mol. The van der Waals surface area contributed by atoms with Gasteiger partial charge in [0.05, 0.1) is 0 Å². The van der Waals surface area contributed by atoms with Gasteiger partial charge in [0.1, 0.15) is 5.76 Å². The van der Waals surface area contributed by atoms with E-state index in [9.17, 15) is 4.79 Å². The maximum Gasteiger partial charge on any atom is 0.358 e. The van der Waals surface area contributed by atoms with Gasteiger partial charge in [-0.05, 0) is 12.3 Å². The molecule has 0 radical (unpaired) electrons. The number of hydrogen-bond donors (Lipinski definition) is 1. The first kappa shape index (κ1) is 20.0. The summed E-state index contributed by atoms with van der Waals surface area (Å²) in [5.41, 5.74) is 0.0219. The lowest BCUT2D eigenvalue weighted by atomic mass is 9.82. The first-order valence-corrected chi connectivity index (χ1v) is 6.94. The molecule has 0 saturated carbocycles. The largest absolute Gasteiger partial charge is 0.476 e. The van der Waals surface area contributed by atoms with E-state index in [1.807, 2.05) is 34.6 Å². The minimum Gasteiger partial charge on any atom is -0.476 e.